The summed E-state index contributed by atoms with van der Waals surface area (Å²) in [6, 6.07) is 4.20. The van der Waals surface area contributed by atoms with Crippen LogP contribution in [0, 0.1) is 5.92 Å². The fourth-order valence-electron chi connectivity index (χ4n) is 3.67. The Kier molecular flexibility index (Phi) is 9.31. The number of aliphatic hydroxyl groups is 4. The Hall–Kier alpha value is -3.14. The third-order valence-electron chi connectivity index (χ3n) is 5.60. The third-order valence-corrected chi connectivity index (χ3v) is 5.60. The molecule has 198 valence electrons. The van der Waals surface area contributed by atoms with Crippen LogP contribution in [-0.2, 0) is 35.2 Å². The van der Waals surface area contributed by atoms with Crippen LogP contribution >= 0.6 is 0 Å². The minimum absolute atomic E-state index is 0.0119. The minimum Gasteiger partial charge on any atom is -0.460 e. The van der Waals surface area contributed by atoms with Crippen LogP contribution in [0.25, 0.3) is 0 Å². The van der Waals surface area contributed by atoms with E-state index < -0.39 is 61.1 Å². The summed E-state index contributed by atoms with van der Waals surface area (Å²) < 4.78 is 20.9. The summed E-state index contributed by atoms with van der Waals surface area (Å²) in [6.07, 6.45) is -8.15. The van der Waals surface area contributed by atoms with Gasteiger partial charge in [-0.05, 0) is 17.7 Å². The van der Waals surface area contributed by atoms with Gasteiger partial charge in [-0.25, -0.2) is 9.69 Å². The van der Waals surface area contributed by atoms with E-state index in [1.54, 1.807) is 6.92 Å². The van der Waals surface area contributed by atoms with Gasteiger partial charge in [-0.15, -0.1) is 0 Å². The van der Waals surface area contributed by atoms with Crippen LogP contribution in [0.15, 0.2) is 18.2 Å². The lowest BCUT2D eigenvalue weighted by Crippen LogP contribution is -2.60. The van der Waals surface area contributed by atoms with Crippen LogP contribution in [0.5, 0.6) is 5.75 Å². The van der Waals surface area contributed by atoms with E-state index in [9.17, 15) is 39.6 Å². The predicted octanol–water partition coefficient (Wildman–Crippen LogP) is -1.84. The number of imide groups is 1. The van der Waals surface area contributed by atoms with E-state index in [1.165, 1.54) is 18.2 Å². The molecule has 14 nitrogen and oxygen atoms in total. The van der Waals surface area contributed by atoms with E-state index in [4.69, 9.17) is 18.9 Å². The van der Waals surface area contributed by atoms with Gasteiger partial charge in [-0.1, -0.05) is 13.0 Å². The van der Waals surface area contributed by atoms with Crippen LogP contribution in [-0.4, -0.2) is 95.3 Å². The second-order valence-corrected chi connectivity index (χ2v) is 8.22. The lowest BCUT2D eigenvalue weighted by Gasteiger charge is -2.39. The molecular formula is C22H28N2O12. The van der Waals surface area contributed by atoms with Crippen molar-refractivity contribution in [3.63, 3.8) is 0 Å². The number of hydrogen-bond acceptors (Lipinski definition) is 12. The Balaban J connectivity index is 1.81. The van der Waals surface area contributed by atoms with Gasteiger partial charge in [0.15, 0.2) is 0 Å². The monoisotopic (exact) mass is 512 g/mol. The smallest absolute Gasteiger partial charge is 0.409 e. The van der Waals surface area contributed by atoms with Crippen molar-refractivity contribution in [2.45, 2.75) is 50.7 Å². The van der Waals surface area contributed by atoms with E-state index in [0.717, 1.165) is 4.90 Å². The molecule has 3 rings (SSSR count). The lowest BCUT2D eigenvalue weighted by atomic mass is 9.99. The Labute approximate surface area is 205 Å². The molecule has 3 amide bonds. The molecule has 14 heteroatoms. The van der Waals surface area contributed by atoms with Gasteiger partial charge in [-0.3, -0.25) is 14.9 Å². The average molecular weight is 512 g/mol. The van der Waals surface area contributed by atoms with Crippen molar-refractivity contribution < 1.29 is 58.6 Å². The van der Waals surface area contributed by atoms with Crippen molar-refractivity contribution in [3.05, 3.63) is 23.8 Å². The zero-order valence-corrected chi connectivity index (χ0v) is 19.3. The maximum absolute atomic E-state index is 12.7. The molecule has 2 heterocycles. The normalized spacial score (nSPS) is 28.2. The van der Waals surface area contributed by atoms with Crippen LogP contribution in [0.1, 0.15) is 18.9 Å². The lowest BCUT2D eigenvalue weighted by molar-refractivity contribution is -0.277. The number of aliphatic hydroxyl groups excluding tert-OH is 4. The van der Waals surface area contributed by atoms with Gasteiger partial charge in [0.05, 0.1) is 12.3 Å². The molecule has 0 bridgehead atoms. The number of nitrogens with one attached hydrogen (secondary N) is 1. The van der Waals surface area contributed by atoms with Crippen molar-refractivity contribution >= 4 is 29.9 Å². The van der Waals surface area contributed by atoms with Gasteiger partial charge in [0, 0.05) is 12.3 Å². The van der Waals surface area contributed by atoms with Gasteiger partial charge in [0.2, 0.25) is 18.1 Å². The summed E-state index contributed by atoms with van der Waals surface area (Å²) in [4.78, 5) is 48.2. The molecule has 1 aromatic rings. The van der Waals surface area contributed by atoms with Crippen molar-refractivity contribution in [3.8, 4) is 5.75 Å². The maximum Gasteiger partial charge on any atom is 0.409 e. The minimum atomic E-state index is -1.72. The number of carbonyl (C=O) groups excluding carboxylic acids is 4. The van der Waals surface area contributed by atoms with Gasteiger partial charge in [0.25, 0.3) is 0 Å². The molecule has 0 aliphatic carbocycles. The van der Waals surface area contributed by atoms with Crippen LogP contribution in [0.4, 0.5) is 10.5 Å². The molecule has 2 saturated heterocycles. The summed E-state index contributed by atoms with van der Waals surface area (Å²) in [5.74, 6) is -1.67. The van der Waals surface area contributed by atoms with Gasteiger partial charge in [-0.2, -0.15) is 0 Å². The van der Waals surface area contributed by atoms with E-state index in [0.29, 0.717) is 11.8 Å². The topological polar surface area (TPSA) is 201 Å². The zero-order chi connectivity index (χ0) is 26.4. The first kappa shape index (κ1) is 27.4. The Bertz CT molecular complexity index is 970. The molecule has 2 fully saturated rings. The fourth-order valence-corrected chi connectivity index (χ4v) is 3.67. The highest BCUT2D eigenvalue weighted by molar-refractivity contribution is 6.21. The Morgan fingerprint density at radius 2 is 1.97 bits per heavy atom. The van der Waals surface area contributed by atoms with Crippen molar-refractivity contribution in [2.75, 3.05) is 24.8 Å². The highest BCUT2D eigenvalue weighted by Crippen LogP contribution is 2.37. The SMILES string of the molecule is CC1CC(=O)N(c2cc(COC(=O)NCOCC=O)ccc2O[C@@H]2O[C@H](CO)[C@H](O)[C@H](O)[C@H]2O)C1=O. The van der Waals surface area contributed by atoms with E-state index in [2.05, 4.69) is 5.32 Å². The molecule has 0 spiro atoms. The van der Waals surface area contributed by atoms with E-state index >= 15 is 0 Å². The number of amides is 3. The quantitative estimate of drug-likeness (QED) is 0.102. The van der Waals surface area contributed by atoms with Crippen molar-refractivity contribution in [1.82, 2.24) is 5.32 Å². The summed E-state index contributed by atoms with van der Waals surface area (Å²) in [5.41, 5.74) is 0.359. The van der Waals surface area contributed by atoms with Crippen LogP contribution in [0.3, 0.4) is 0 Å². The number of aldehydes is 1. The summed E-state index contributed by atoms with van der Waals surface area (Å²) in [7, 11) is 0. The molecule has 2 aliphatic heterocycles. The molecule has 6 atom stereocenters. The zero-order valence-electron chi connectivity index (χ0n) is 19.3. The first-order valence-electron chi connectivity index (χ1n) is 11.1. The molecule has 0 aromatic heterocycles. The Morgan fingerprint density at radius 1 is 1.22 bits per heavy atom. The number of nitrogens with zero attached hydrogens (tertiary/aromatic N) is 1. The molecule has 1 aromatic carbocycles. The summed E-state index contributed by atoms with van der Waals surface area (Å²) >= 11 is 0. The fraction of sp³-hybridized carbons (Fsp3) is 0.545. The molecule has 2 aliphatic rings. The number of benzene rings is 1. The highest BCUT2D eigenvalue weighted by Gasteiger charge is 2.45. The van der Waals surface area contributed by atoms with Gasteiger partial charge >= 0.3 is 6.09 Å². The number of carbonyl (C=O) groups is 4. The highest BCUT2D eigenvalue weighted by atomic mass is 16.7. The molecule has 36 heavy (non-hydrogen) atoms. The Morgan fingerprint density at radius 3 is 2.61 bits per heavy atom. The third kappa shape index (κ3) is 6.16. The van der Waals surface area contributed by atoms with Crippen molar-refractivity contribution in [2.24, 2.45) is 5.92 Å². The van der Waals surface area contributed by atoms with Crippen LogP contribution in [0.2, 0.25) is 0 Å². The first-order chi connectivity index (χ1) is 17.2. The van der Waals surface area contributed by atoms with Gasteiger partial charge in [0.1, 0.15) is 56.4 Å². The summed E-state index contributed by atoms with van der Waals surface area (Å²) in [6.45, 7) is 0.205. The molecular weight excluding hydrogens is 484 g/mol. The van der Waals surface area contributed by atoms with Gasteiger partial charge < -0.3 is 44.2 Å². The van der Waals surface area contributed by atoms with E-state index in [1.807, 2.05) is 0 Å². The summed E-state index contributed by atoms with van der Waals surface area (Å²) in [5, 5.41) is 42.0. The number of rotatable bonds is 10. The van der Waals surface area contributed by atoms with Crippen molar-refractivity contribution in [1.29, 1.82) is 0 Å². The maximum atomic E-state index is 12.7. The van der Waals surface area contributed by atoms with E-state index in [-0.39, 0.29) is 37.8 Å². The number of ether oxygens (including phenoxy) is 4. The average Bonchev–Trinajstić information content (AvgIpc) is 3.12. The molecule has 0 saturated carbocycles. The second kappa shape index (κ2) is 12.2. The van der Waals surface area contributed by atoms with Crippen LogP contribution < -0.4 is 15.0 Å². The number of anilines is 1. The second-order valence-electron chi connectivity index (χ2n) is 8.22. The number of hydrogen-bond donors (Lipinski definition) is 5. The first-order valence-corrected chi connectivity index (χ1v) is 11.1. The number of alkyl carbamates (subject to hydrolysis) is 1. The molecule has 0 radical (unpaired) electrons. The molecule has 1 unspecified atom stereocenters. The largest absolute Gasteiger partial charge is 0.460 e. The molecule has 5 N–H and O–H groups in total. The predicted molar refractivity (Wildman–Crippen MR) is 117 cm³/mol. The standard InChI is InChI=1S/C22H28N2O12/c1-11-6-16(27)24(20(11)31)13-7-12(9-34-22(32)23-10-33-5-4-25)2-3-14(13)35-21-19(30)18(29)17(28)15(8-26)36-21/h2-4,7,11,15,17-19,21,26,28-30H,5-6,8-10H2,1H3,(H,23,32)/t11?,15-,17+,18+,19-,21-/m1/s1.